The van der Waals surface area contributed by atoms with E-state index in [0.29, 0.717) is 5.56 Å². The summed E-state index contributed by atoms with van der Waals surface area (Å²) in [7, 11) is 0. The number of aromatic amines is 1. The number of H-pyrrole nitrogens is 1. The molecule has 0 fully saturated rings. The summed E-state index contributed by atoms with van der Waals surface area (Å²) in [5, 5.41) is 2.43. The topological polar surface area (TPSA) is 110 Å². The average Bonchev–Trinajstić information content (AvgIpc) is 2.53. The van der Waals surface area contributed by atoms with Crippen molar-refractivity contribution in [1.29, 1.82) is 0 Å². The summed E-state index contributed by atoms with van der Waals surface area (Å²) in [5.41, 5.74) is -0.693. The molecular formula is C16H16FN3O5. The number of aromatic nitrogens is 2. The lowest BCUT2D eigenvalue weighted by molar-refractivity contribution is -0.153. The zero-order chi connectivity index (χ0) is 18.6. The van der Waals surface area contributed by atoms with Crippen LogP contribution in [0.15, 0.2) is 40.1 Å². The zero-order valence-corrected chi connectivity index (χ0v) is 13.5. The molecule has 1 heterocycles. The van der Waals surface area contributed by atoms with Crippen LogP contribution in [0, 0.1) is 12.7 Å². The lowest BCUT2D eigenvalue weighted by Gasteiger charge is -2.14. The predicted molar refractivity (Wildman–Crippen MR) is 86.6 cm³/mol. The van der Waals surface area contributed by atoms with Crippen molar-refractivity contribution in [2.45, 2.75) is 26.5 Å². The maximum Gasteiger partial charge on any atom is 0.328 e. The second-order valence-corrected chi connectivity index (χ2v) is 5.32. The molecule has 9 heteroatoms. The van der Waals surface area contributed by atoms with Crippen molar-refractivity contribution in [2.24, 2.45) is 0 Å². The number of hydrogen-bond donors (Lipinski definition) is 2. The van der Waals surface area contributed by atoms with E-state index >= 15 is 0 Å². The first kappa shape index (κ1) is 18.1. The van der Waals surface area contributed by atoms with Crippen LogP contribution >= 0.6 is 0 Å². The van der Waals surface area contributed by atoms with E-state index in [1.165, 1.54) is 19.1 Å². The molecule has 1 aromatic carbocycles. The maximum atomic E-state index is 13.5. The normalized spacial score (nSPS) is 11.6. The lowest BCUT2D eigenvalue weighted by atomic mass is 10.2. The van der Waals surface area contributed by atoms with Gasteiger partial charge >= 0.3 is 11.7 Å². The molecule has 0 radical (unpaired) electrons. The number of rotatable bonds is 5. The summed E-state index contributed by atoms with van der Waals surface area (Å²) >= 11 is 0. The molecule has 8 nitrogen and oxygen atoms in total. The molecule has 0 saturated carbocycles. The Kier molecular flexibility index (Phi) is 5.48. The largest absolute Gasteiger partial charge is 0.451 e. The summed E-state index contributed by atoms with van der Waals surface area (Å²) < 4.78 is 19.3. The van der Waals surface area contributed by atoms with Gasteiger partial charge in [0.2, 0.25) is 0 Å². The fraction of sp³-hybridized carbons (Fsp3) is 0.250. The highest BCUT2D eigenvalue weighted by atomic mass is 19.1. The third-order valence-electron chi connectivity index (χ3n) is 3.31. The number of benzene rings is 1. The van der Waals surface area contributed by atoms with Crippen LogP contribution in [-0.4, -0.2) is 27.5 Å². The third kappa shape index (κ3) is 4.87. The van der Waals surface area contributed by atoms with E-state index in [9.17, 15) is 23.6 Å². The van der Waals surface area contributed by atoms with Gasteiger partial charge in [-0.15, -0.1) is 0 Å². The van der Waals surface area contributed by atoms with Gasteiger partial charge in [-0.3, -0.25) is 23.9 Å². The zero-order valence-electron chi connectivity index (χ0n) is 13.5. The van der Waals surface area contributed by atoms with E-state index in [-0.39, 0.29) is 5.69 Å². The molecule has 25 heavy (non-hydrogen) atoms. The van der Waals surface area contributed by atoms with Crippen molar-refractivity contribution >= 4 is 17.6 Å². The van der Waals surface area contributed by atoms with Crippen LogP contribution in [0.3, 0.4) is 0 Å². The van der Waals surface area contributed by atoms with Gasteiger partial charge < -0.3 is 10.1 Å². The number of halogens is 1. The van der Waals surface area contributed by atoms with E-state index in [4.69, 9.17) is 4.74 Å². The van der Waals surface area contributed by atoms with Crippen LogP contribution in [0.4, 0.5) is 10.1 Å². The fourth-order valence-corrected chi connectivity index (χ4v) is 1.91. The summed E-state index contributed by atoms with van der Waals surface area (Å²) in [6.45, 7) is 2.46. The molecule has 2 aromatic rings. The van der Waals surface area contributed by atoms with Gasteiger partial charge in [0, 0.05) is 18.0 Å². The van der Waals surface area contributed by atoms with Gasteiger partial charge in [-0.05, 0) is 31.5 Å². The van der Waals surface area contributed by atoms with Gasteiger partial charge in [-0.1, -0.05) is 6.07 Å². The highest BCUT2D eigenvalue weighted by molar-refractivity contribution is 5.95. The number of carbonyl (C=O) groups is 2. The summed E-state index contributed by atoms with van der Waals surface area (Å²) in [6.07, 6.45) is -0.0160. The SMILES string of the molecule is Cc1ccc(NC(=O)[C@H](C)OC(=O)Cn2ccc(=O)[nH]c2=O)cc1F. The Morgan fingerprint density at radius 1 is 1.32 bits per heavy atom. The fourth-order valence-electron chi connectivity index (χ4n) is 1.91. The number of amides is 1. The minimum Gasteiger partial charge on any atom is -0.451 e. The Hall–Kier alpha value is -3.23. The number of nitrogens with one attached hydrogen (secondary N) is 2. The van der Waals surface area contributed by atoms with Crippen molar-refractivity contribution in [3.63, 3.8) is 0 Å². The summed E-state index contributed by atoms with van der Waals surface area (Å²) in [4.78, 5) is 48.2. The molecular weight excluding hydrogens is 333 g/mol. The van der Waals surface area contributed by atoms with Gasteiger partial charge in [-0.25, -0.2) is 9.18 Å². The Morgan fingerprint density at radius 3 is 2.68 bits per heavy atom. The maximum absolute atomic E-state index is 13.5. The molecule has 0 spiro atoms. The minimum atomic E-state index is -1.16. The number of ether oxygens (including phenoxy) is 1. The molecule has 0 aliphatic rings. The van der Waals surface area contributed by atoms with Crippen molar-refractivity contribution in [2.75, 3.05) is 5.32 Å². The number of nitrogens with zero attached hydrogens (tertiary/aromatic N) is 1. The highest BCUT2D eigenvalue weighted by Crippen LogP contribution is 2.14. The van der Waals surface area contributed by atoms with Gasteiger partial charge in [0.05, 0.1) is 0 Å². The standard InChI is InChI=1S/C16H16FN3O5/c1-9-3-4-11(7-12(9)17)18-15(23)10(2)25-14(22)8-20-6-5-13(21)19-16(20)24/h3-7,10H,8H2,1-2H3,(H,18,23)(H,19,21,24)/t10-/m0/s1. The average molecular weight is 349 g/mol. The number of aryl methyl sites for hydroxylation is 1. The van der Waals surface area contributed by atoms with Gasteiger partial charge in [0.1, 0.15) is 12.4 Å². The van der Waals surface area contributed by atoms with Crippen molar-refractivity contribution < 1.29 is 18.7 Å². The first-order valence-corrected chi connectivity index (χ1v) is 7.32. The second kappa shape index (κ2) is 7.56. The van der Waals surface area contributed by atoms with E-state index < -0.39 is 41.6 Å². The molecule has 0 unspecified atom stereocenters. The number of esters is 1. The summed E-state index contributed by atoms with van der Waals surface area (Å²) in [5.74, 6) is -1.96. The molecule has 0 aliphatic carbocycles. The van der Waals surface area contributed by atoms with E-state index in [0.717, 1.165) is 22.9 Å². The van der Waals surface area contributed by atoms with Crippen molar-refractivity contribution in [1.82, 2.24) is 9.55 Å². The second-order valence-electron chi connectivity index (χ2n) is 5.32. The molecule has 1 amide bonds. The number of hydrogen-bond acceptors (Lipinski definition) is 5. The first-order chi connectivity index (χ1) is 11.8. The third-order valence-corrected chi connectivity index (χ3v) is 3.31. The number of anilines is 1. The molecule has 2 N–H and O–H groups in total. The molecule has 0 aliphatic heterocycles. The van der Waals surface area contributed by atoms with Gasteiger partial charge in [-0.2, -0.15) is 0 Å². The molecule has 132 valence electrons. The molecule has 1 aromatic heterocycles. The Balaban J connectivity index is 1.95. The van der Waals surface area contributed by atoms with Crippen LogP contribution in [0.25, 0.3) is 0 Å². The Morgan fingerprint density at radius 2 is 2.04 bits per heavy atom. The molecule has 0 bridgehead atoms. The lowest BCUT2D eigenvalue weighted by Crippen LogP contribution is -2.34. The highest BCUT2D eigenvalue weighted by Gasteiger charge is 2.18. The van der Waals surface area contributed by atoms with Crippen molar-refractivity contribution in [3.8, 4) is 0 Å². The van der Waals surface area contributed by atoms with Crippen LogP contribution in [0.1, 0.15) is 12.5 Å². The molecule has 1 atom stereocenters. The van der Waals surface area contributed by atoms with Crippen LogP contribution in [-0.2, 0) is 20.9 Å². The molecule has 2 rings (SSSR count). The van der Waals surface area contributed by atoms with Crippen LogP contribution in [0.5, 0.6) is 0 Å². The predicted octanol–water partition coefficient (Wildman–Crippen LogP) is 0.555. The quantitative estimate of drug-likeness (QED) is 0.766. The Labute approximate surface area is 141 Å². The van der Waals surface area contributed by atoms with E-state index in [1.54, 1.807) is 6.92 Å². The monoisotopic (exact) mass is 349 g/mol. The minimum absolute atomic E-state index is 0.229. The summed E-state index contributed by atoms with van der Waals surface area (Å²) in [6, 6.07) is 5.26. The molecule has 0 saturated heterocycles. The van der Waals surface area contributed by atoms with E-state index in [1.807, 2.05) is 4.98 Å². The van der Waals surface area contributed by atoms with Gasteiger partial charge in [0.15, 0.2) is 6.10 Å². The van der Waals surface area contributed by atoms with E-state index in [2.05, 4.69) is 5.32 Å². The van der Waals surface area contributed by atoms with Gasteiger partial charge in [0.25, 0.3) is 11.5 Å². The first-order valence-electron chi connectivity index (χ1n) is 7.32. The van der Waals surface area contributed by atoms with Crippen molar-refractivity contribution in [3.05, 3.63) is 62.7 Å². The smallest absolute Gasteiger partial charge is 0.328 e. The number of carbonyl (C=O) groups excluding carboxylic acids is 2. The Bertz CT molecular complexity index is 918. The van der Waals surface area contributed by atoms with Crippen LogP contribution < -0.4 is 16.6 Å². The van der Waals surface area contributed by atoms with Crippen LogP contribution in [0.2, 0.25) is 0 Å².